The average Bonchev–Trinajstić information content (AvgIpc) is 2.66. The molecule has 0 heterocycles. The van der Waals surface area contributed by atoms with Gasteiger partial charge in [0.25, 0.3) is 5.91 Å². The van der Waals surface area contributed by atoms with Crippen LogP contribution in [0.1, 0.15) is 11.1 Å². The number of nitrogens with zero attached hydrogens (tertiary/aromatic N) is 1. The van der Waals surface area contributed by atoms with Crippen molar-refractivity contribution < 1.29 is 27.1 Å². The number of ether oxygens (including phenoxy) is 1. The molecule has 0 aliphatic carbocycles. The van der Waals surface area contributed by atoms with Crippen LogP contribution in [0.3, 0.4) is 0 Å². The molecular formula is C19H21FN2O5S. The first-order valence-electron chi connectivity index (χ1n) is 8.39. The van der Waals surface area contributed by atoms with Crippen LogP contribution in [-0.4, -0.2) is 44.8 Å². The Hall–Kier alpha value is -2.78. The number of hydrogen-bond acceptors (Lipinski definition) is 5. The fraction of sp³-hybridized carbons (Fsp3) is 0.263. The van der Waals surface area contributed by atoms with Crippen molar-refractivity contribution in [2.75, 3.05) is 20.2 Å². The van der Waals surface area contributed by atoms with Crippen molar-refractivity contribution in [3.8, 4) is 0 Å². The van der Waals surface area contributed by atoms with Crippen molar-refractivity contribution in [1.29, 1.82) is 0 Å². The van der Waals surface area contributed by atoms with Gasteiger partial charge in [-0.1, -0.05) is 24.3 Å². The number of aryl methyl sites for hydroxylation is 1. The number of carbonyl (C=O) groups excluding carboxylic acids is 2. The van der Waals surface area contributed by atoms with Gasteiger partial charge in [-0.25, -0.2) is 12.8 Å². The van der Waals surface area contributed by atoms with Gasteiger partial charge in [0.05, 0.1) is 4.90 Å². The molecule has 0 unspecified atom stereocenters. The second-order valence-electron chi connectivity index (χ2n) is 6.08. The largest absolute Gasteiger partial charge is 0.455 e. The van der Waals surface area contributed by atoms with E-state index in [1.807, 2.05) is 31.2 Å². The van der Waals surface area contributed by atoms with E-state index in [1.54, 1.807) is 0 Å². The molecular weight excluding hydrogens is 387 g/mol. The second kappa shape index (κ2) is 9.43. The summed E-state index contributed by atoms with van der Waals surface area (Å²) in [6.07, 6.45) is 0. The highest BCUT2D eigenvalue weighted by Crippen LogP contribution is 2.14. The molecule has 28 heavy (non-hydrogen) atoms. The quantitative estimate of drug-likeness (QED) is 0.670. The van der Waals surface area contributed by atoms with E-state index in [9.17, 15) is 22.4 Å². The maximum absolute atomic E-state index is 12.9. The van der Waals surface area contributed by atoms with Crippen molar-refractivity contribution in [3.63, 3.8) is 0 Å². The predicted octanol–water partition coefficient (Wildman–Crippen LogP) is 1.61. The summed E-state index contributed by atoms with van der Waals surface area (Å²) in [7, 11) is -2.78. The number of esters is 1. The molecule has 2 aromatic rings. The van der Waals surface area contributed by atoms with Crippen LogP contribution in [0.25, 0.3) is 0 Å². The third-order valence-electron chi connectivity index (χ3n) is 3.98. The molecule has 0 saturated heterocycles. The molecule has 0 spiro atoms. The zero-order valence-corrected chi connectivity index (χ0v) is 16.3. The van der Waals surface area contributed by atoms with Gasteiger partial charge in [-0.05, 0) is 42.3 Å². The molecule has 0 radical (unpaired) electrons. The van der Waals surface area contributed by atoms with Gasteiger partial charge in [0.2, 0.25) is 10.0 Å². The Labute approximate surface area is 163 Å². The average molecular weight is 408 g/mol. The summed E-state index contributed by atoms with van der Waals surface area (Å²) in [5, 5.41) is 2.63. The van der Waals surface area contributed by atoms with E-state index in [-0.39, 0.29) is 4.90 Å². The standard InChI is InChI=1S/C19H21FN2O5S/c1-14-5-3-4-6-15(14)11-21-18(23)13-27-19(24)12-22(2)28(25,26)17-9-7-16(20)8-10-17/h3-10H,11-13H2,1-2H3,(H,21,23). The number of sulfonamides is 1. The molecule has 0 atom stereocenters. The lowest BCUT2D eigenvalue weighted by Crippen LogP contribution is -2.35. The van der Waals surface area contributed by atoms with E-state index in [0.717, 1.165) is 39.7 Å². The molecule has 1 N–H and O–H groups in total. The van der Waals surface area contributed by atoms with Crippen molar-refractivity contribution in [1.82, 2.24) is 9.62 Å². The Morgan fingerprint density at radius 1 is 1.11 bits per heavy atom. The van der Waals surface area contributed by atoms with E-state index in [1.165, 1.54) is 7.05 Å². The molecule has 9 heteroatoms. The van der Waals surface area contributed by atoms with E-state index < -0.39 is 40.9 Å². The summed E-state index contributed by atoms with van der Waals surface area (Å²) in [6, 6.07) is 11.8. The molecule has 2 aromatic carbocycles. The van der Waals surface area contributed by atoms with Crippen LogP contribution < -0.4 is 5.32 Å². The van der Waals surface area contributed by atoms with Gasteiger partial charge in [0, 0.05) is 13.6 Å². The summed E-state index contributed by atoms with van der Waals surface area (Å²) in [6.45, 7) is 1.11. The van der Waals surface area contributed by atoms with Crippen LogP contribution in [0.5, 0.6) is 0 Å². The SMILES string of the molecule is Cc1ccccc1CNC(=O)COC(=O)CN(C)S(=O)(=O)c1ccc(F)cc1. The normalized spacial score (nSPS) is 11.3. The highest BCUT2D eigenvalue weighted by molar-refractivity contribution is 7.89. The topological polar surface area (TPSA) is 92.8 Å². The summed E-state index contributed by atoms with van der Waals surface area (Å²) in [4.78, 5) is 23.5. The Kier molecular flexibility index (Phi) is 7.24. The molecule has 0 saturated carbocycles. The fourth-order valence-electron chi connectivity index (χ4n) is 2.30. The number of halogens is 1. The maximum atomic E-state index is 12.9. The van der Waals surface area contributed by atoms with Gasteiger partial charge < -0.3 is 10.1 Å². The minimum atomic E-state index is -3.98. The number of likely N-dealkylation sites (N-methyl/N-ethyl adjacent to an activating group) is 1. The van der Waals surface area contributed by atoms with E-state index in [2.05, 4.69) is 5.32 Å². The van der Waals surface area contributed by atoms with Gasteiger partial charge in [-0.15, -0.1) is 0 Å². The first-order chi connectivity index (χ1) is 13.2. The number of hydrogen-bond donors (Lipinski definition) is 1. The Morgan fingerprint density at radius 2 is 1.75 bits per heavy atom. The van der Waals surface area contributed by atoms with E-state index in [4.69, 9.17) is 4.74 Å². The highest BCUT2D eigenvalue weighted by atomic mass is 32.2. The number of rotatable bonds is 8. The van der Waals surface area contributed by atoms with Crippen molar-refractivity contribution in [2.45, 2.75) is 18.4 Å². The molecule has 0 aromatic heterocycles. The fourth-order valence-corrected chi connectivity index (χ4v) is 3.41. The first-order valence-corrected chi connectivity index (χ1v) is 9.83. The zero-order valence-electron chi connectivity index (χ0n) is 15.5. The third-order valence-corrected chi connectivity index (χ3v) is 5.79. The Morgan fingerprint density at radius 3 is 2.39 bits per heavy atom. The summed E-state index contributed by atoms with van der Waals surface area (Å²) in [5.41, 5.74) is 1.96. The summed E-state index contributed by atoms with van der Waals surface area (Å²) < 4.78 is 43.2. The van der Waals surface area contributed by atoms with Gasteiger partial charge in [0.1, 0.15) is 12.4 Å². The molecule has 7 nitrogen and oxygen atoms in total. The molecule has 2 rings (SSSR count). The number of nitrogens with one attached hydrogen (secondary N) is 1. The second-order valence-corrected chi connectivity index (χ2v) is 8.12. The summed E-state index contributed by atoms with van der Waals surface area (Å²) in [5.74, 6) is -1.95. The van der Waals surface area contributed by atoms with E-state index in [0.29, 0.717) is 6.54 Å². The van der Waals surface area contributed by atoms with Crippen LogP contribution in [0.4, 0.5) is 4.39 Å². The highest BCUT2D eigenvalue weighted by Gasteiger charge is 2.23. The lowest BCUT2D eigenvalue weighted by atomic mass is 10.1. The zero-order chi connectivity index (χ0) is 20.7. The lowest BCUT2D eigenvalue weighted by molar-refractivity contribution is -0.148. The van der Waals surface area contributed by atoms with Gasteiger partial charge in [-0.3, -0.25) is 9.59 Å². The lowest BCUT2D eigenvalue weighted by Gasteiger charge is -2.16. The van der Waals surface area contributed by atoms with Crippen molar-refractivity contribution >= 4 is 21.9 Å². The minimum absolute atomic E-state index is 0.153. The Bertz CT molecular complexity index is 945. The third kappa shape index (κ3) is 5.86. The van der Waals surface area contributed by atoms with Crippen molar-refractivity contribution in [3.05, 3.63) is 65.5 Å². The van der Waals surface area contributed by atoms with Crippen LogP contribution in [0, 0.1) is 12.7 Å². The predicted molar refractivity (Wildman–Crippen MR) is 100 cm³/mol. The number of amides is 1. The number of carbonyl (C=O) groups is 2. The molecule has 0 fully saturated rings. The van der Waals surface area contributed by atoms with Gasteiger partial charge in [-0.2, -0.15) is 4.31 Å². The smallest absolute Gasteiger partial charge is 0.321 e. The van der Waals surface area contributed by atoms with Crippen molar-refractivity contribution in [2.24, 2.45) is 0 Å². The minimum Gasteiger partial charge on any atom is -0.455 e. The van der Waals surface area contributed by atoms with Crippen LogP contribution in [-0.2, 0) is 30.9 Å². The summed E-state index contributed by atoms with van der Waals surface area (Å²) >= 11 is 0. The molecule has 0 bridgehead atoms. The Balaban J connectivity index is 1.82. The number of benzene rings is 2. The molecule has 150 valence electrons. The van der Waals surface area contributed by atoms with Gasteiger partial charge in [0.15, 0.2) is 6.61 Å². The molecule has 0 aliphatic rings. The maximum Gasteiger partial charge on any atom is 0.321 e. The van der Waals surface area contributed by atoms with Gasteiger partial charge >= 0.3 is 5.97 Å². The van der Waals surface area contributed by atoms with E-state index >= 15 is 0 Å². The monoisotopic (exact) mass is 408 g/mol. The molecule has 0 aliphatic heterocycles. The molecule has 1 amide bonds. The first kappa shape index (κ1) is 21.5. The van der Waals surface area contributed by atoms with Crippen LogP contribution >= 0.6 is 0 Å². The van der Waals surface area contributed by atoms with Crippen LogP contribution in [0.15, 0.2) is 53.4 Å². The van der Waals surface area contributed by atoms with Crippen LogP contribution in [0.2, 0.25) is 0 Å².